The second kappa shape index (κ2) is 4.75. The molecule has 0 bridgehead atoms. The molecule has 0 unspecified atom stereocenters. The number of hydrogen-bond donors (Lipinski definition) is 0. The lowest BCUT2D eigenvalue weighted by atomic mass is 9.75. The van der Waals surface area contributed by atoms with E-state index in [0.29, 0.717) is 5.02 Å². The van der Waals surface area contributed by atoms with E-state index in [2.05, 4.69) is 56.3 Å². The lowest BCUT2D eigenvalue weighted by Crippen LogP contribution is -2.24. The van der Waals surface area contributed by atoms with Crippen LogP contribution >= 0.6 is 22.9 Å². The number of rotatable bonds is 0. The molecule has 118 valence electrons. The number of thiophene rings is 1. The van der Waals surface area contributed by atoms with E-state index in [-0.39, 0.29) is 5.41 Å². The molecule has 0 N–H and O–H groups in total. The lowest BCUT2D eigenvalue weighted by molar-refractivity contribution is 0.423. The number of halogens is 1. The Morgan fingerprint density at radius 3 is 2.58 bits per heavy atom. The van der Waals surface area contributed by atoms with Crippen LogP contribution in [0.4, 0.5) is 0 Å². The Labute approximate surface area is 149 Å². The van der Waals surface area contributed by atoms with Crippen molar-refractivity contribution >= 4 is 43.1 Å². The summed E-state index contributed by atoms with van der Waals surface area (Å²) >= 11 is 8.00. The van der Waals surface area contributed by atoms with Crippen molar-refractivity contribution in [1.82, 2.24) is 0 Å². The zero-order valence-corrected chi connectivity index (χ0v) is 15.0. The highest BCUT2D eigenvalue weighted by molar-refractivity contribution is 7.26. The van der Waals surface area contributed by atoms with E-state index in [1.807, 2.05) is 12.1 Å². The number of benzene rings is 3. The molecule has 4 aromatic rings. The minimum Gasteiger partial charge on any atom is -0.455 e. The van der Waals surface area contributed by atoms with E-state index in [1.165, 1.54) is 31.3 Å². The fourth-order valence-electron chi connectivity index (χ4n) is 3.71. The van der Waals surface area contributed by atoms with Crippen LogP contribution in [-0.4, -0.2) is 0 Å². The molecule has 1 aliphatic heterocycles. The van der Waals surface area contributed by atoms with Gasteiger partial charge in [0.2, 0.25) is 0 Å². The third-order valence-electron chi connectivity index (χ3n) is 5.00. The van der Waals surface area contributed by atoms with Gasteiger partial charge >= 0.3 is 0 Å². The fraction of sp³-hybridized carbons (Fsp3) is 0.143. The summed E-state index contributed by atoms with van der Waals surface area (Å²) in [5.74, 6) is 1.85. The van der Waals surface area contributed by atoms with Gasteiger partial charge < -0.3 is 4.74 Å². The molecule has 0 amide bonds. The molecule has 1 nitrogen and oxygen atoms in total. The molecule has 0 aliphatic carbocycles. The minimum absolute atomic E-state index is 0.113. The minimum atomic E-state index is -0.113. The molecule has 3 aromatic carbocycles. The maximum Gasteiger partial charge on any atom is 0.149 e. The fourth-order valence-corrected chi connectivity index (χ4v) is 5.06. The van der Waals surface area contributed by atoms with Crippen molar-refractivity contribution in [2.75, 3.05) is 0 Å². The number of ether oxygens (including phenoxy) is 1. The van der Waals surface area contributed by atoms with Gasteiger partial charge in [0.15, 0.2) is 0 Å². The van der Waals surface area contributed by atoms with Crippen molar-refractivity contribution in [3.63, 3.8) is 0 Å². The lowest BCUT2D eigenvalue weighted by Gasteiger charge is -2.34. The van der Waals surface area contributed by atoms with Crippen LogP contribution in [0.5, 0.6) is 11.5 Å². The first-order valence-electron chi connectivity index (χ1n) is 7.98. The average molecular weight is 351 g/mol. The molecule has 0 spiro atoms. The van der Waals surface area contributed by atoms with Gasteiger partial charge in [0, 0.05) is 37.0 Å². The van der Waals surface area contributed by atoms with Gasteiger partial charge in [-0.05, 0) is 18.2 Å². The molecule has 1 aliphatic rings. The van der Waals surface area contributed by atoms with Crippen molar-refractivity contribution in [2.24, 2.45) is 0 Å². The molecule has 2 heterocycles. The first kappa shape index (κ1) is 14.3. The van der Waals surface area contributed by atoms with Gasteiger partial charge in [0.1, 0.15) is 11.5 Å². The van der Waals surface area contributed by atoms with Crippen LogP contribution in [0.2, 0.25) is 5.02 Å². The van der Waals surface area contributed by atoms with E-state index in [1.54, 1.807) is 11.3 Å². The van der Waals surface area contributed by atoms with Gasteiger partial charge in [-0.15, -0.1) is 11.3 Å². The van der Waals surface area contributed by atoms with Crippen LogP contribution < -0.4 is 4.74 Å². The van der Waals surface area contributed by atoms with Crippen LogP contribution in [0.1, 0.15) is 25.0 Å². The first-order chi connectivity index (χ1) is 11.6. The summed E-state index contributed by atoms with van der Waals surface area (Å²) < 4.78 is 8.87. The standard InChI is InChI=1S/C21H15ClOS/c1-21(2)15-9-7-12(22)11-17(15)23-19-16(21)10-8-14-13-5-3-4-6-18(13)24-20(14)19/h3-11H,1-2H3. The van der Waals surface area contributed by atoms with Gasteiger partial charge in [0.25, 0.3) is 0 Å². The maximum absolute atomic E-state index is 6.36. The number of fused-ring (bicyclic) bond motifs is 6. The normalized spacial score (nSPS) is 15.1. The first-order valence-corrected chi connectivity index (χ1v) is 9.18. The summed E-state index contributed by atoms with van der Waals surface area (Å²) in [6.45, 7) is 4.50. The zero-order chi connectivity index (χ0) is 16.5. The zero-order valence-electron chi connectivity index (χ0n) is 13.4. The molecule has 5 rings (SSSR count). The van der Waals surface area contributed by atoms with Crippen LogP contribution in [0.25, 0.3) is 20.2 Å². The van der Waals surface area contributed by atoms with Gasteiger partial charge in [-0.1, -0.05) is 61.8 Å². The Kier molecular flexibility index (Phi) is 2.83. The summed E-state index contributed by atoms with van der Waals surface area (Å²) in [4.78, 5) is 0. The second-order valence-corrected chi connectivity index (χ2v) is 8.27. The summed E-state index contributed by atoms with van der Waals surface area (Å²) in [5.41, 5.74) is 2.30. The number of hydrogen-bond acceptors (Lipinski definition) is 2. The van der Waals surface area contributed by atoms with Gasteiger partial charge in [0.05, 0.1) is 4.70 Å². The second-order valence-electron chi connectivity index (χ2n) is 6.78. The van der Waals surface area contributed by atoms with E-state index in [0.717, 1.165) is 11.5 Å². The monoisotopic (exact) mass is 350 g/mol. The Bertz CT molecular complexity index is 1120. The highest BCUT2D eigenvalue weighted by Crippen LogP contribution is 2.53. The Morgan fingerprint density at radius 1 is 0.917 bits per heavy atom. The molecule has 3 heteroatoms. The molecule has 0 saturated heterocycles. The van der Waals surface area contributed by atoms with Gasteiger partial charge in [-0.25, -0.2) is 0 Å². The quantitative estimate of drug-likeness (QED) is 0.327. The topological polar surface area (TPSA) is 9.23 Å². The average Bonchev–Trinajstić information content (AvgIpc) is 2.93. The van der Waals surface area contributed by atoms with Gasteiger partial charge in [-0.2, -0.15) is 0 Å². The maximum atomic E-state index is 6.36. The summed E-state index contributed by atoms with van der Waals surface area (Å²) in [6, 6.07) is 18.9. The molecule has 24 heavy (non-hydrogen) atoms. The van der Waals surface area contributed by atoms with Crippen LogP contribution in [0, 0.1) is 0 Å². The largest absolute Gasteiger partial charge is 0.455 e. The summed E-state index contributed by atoms with van der Waals surface area (Å²) in [6.07, 6.45) is 0. The van der Waals surface area contributed by atoms with Crippen LogP contribution in [0.3, 0.4) is 0 Å². The third kappa shape index (κ3) is 1.81. The third-order valence-corrected chi connectivity index (χ3v) is 6.42. The van der Waals surface area contributed by atoms with Crippen molar-refractivity contribution in [3.8, 4) is 11.5 Å². The van der Waals surface area contributed by atoms with Crippen LogP contribution in [-0.2, 0) is 5.41 Å². The highest BCUT2D eigenvalue weighted by atomic mass is 35.5. The smallest absolute Gasteiger partial charge is 0.149 e. The predicted molar refractivity (Wildman–Crippen MR) is 103 cm³/mol. The Hall–Kier alpha value is -2.03. The van der Waals surface area contributed by atoms with E-state index in [9.17, 15) is 0 Å². The van der Waals surface area contributed by atoms with Crippen LogP contribution in [0.15, 0.2) is 54.6 Å². The molecule has 1 aromatic heterocycles. The molecule has 0 fully saturated rings. The summed E-state index contributed by atoms with van der Waals surface area (Å²) in [7, 11) is 0. The van der Waals surface area contributed by atoms with Crippen molar-refractivity contribution < 1.29 is 4.74 Å². The molecular weight excluding hydrogens is 336 g/mol. The molecule has 0 radical (unpaired) electrons. The predicted octanol–water partition coefficient (Wildman–Crippen LogP) is 7.14. The van der Waals surface area contributed by atoms with E-state index < -0.39 is 0 Å². The molecular formula is C21H15ClOS. The van der Waals surface area contributed by atoms with Crippen molar-refractivity contribution in [2.45, 2.75) is 19.3 Å². The van der Waals surface area contributed by atoms with Gasteiger partial charge in [-0.3, -0.25) is 0 Å². The molecule has 0 atom stereocenters. The summed E-state index contributed by atoms with van der Waals surface area (Å²) in [5, 5.41) is 3.26. The SMILES string of the molecule is CC1(C)c2ccc(Cl)cc2Oc2c1ccc1c2sc2ccccc21. The Morgan fingerprint density at radius 2 is 1.71 bits per heavy atom. The highest BCUT2D eigenvalue weighted by Gasteiger charge is 2.35. The van der Waals surface area contributed by atoms with E-state index >= 15 is 0 Å². The van der Waals surface area contributed by atoms with Crippen molar-refractivity contribution in [3.05, 3.63) is 70.7 Å². The Balaban J connectivity index is 1.87. The van der Waals surface area contributed by atoms with E-state index in [4.69, 9.17) is 16.3 Å². The molecule has 0 saturated carbocycles. The van der Waals surface area contributed by atoms with Crippen molar-refractivity contribution in [1.29, 1.82) is 0 Å².